The molecule has 0 radical (unpaired) electrons. The van der Waals surface area contributed by atoms with Crippen molar-refractivity contribution in [2.45, 2.75) is 9.79 Å². The molecule has 1 aromatic heterocycles. The maximum Gasteiger partial charge on any atom is 0.317 e. The smallest absolute Gasteiger partial charge is 0.317 e. The predicted molar refractivity (Wildman–Crippen MR) is 83.6 cm³/mol. The van der Waals surface area contributed by atoms with Crippen molar-refractivity contribution in [2.24, 2.45) is 10.2 Å². The molecule has 15 heteroatoms. The summed E-state index contributed by atoms with van der Waals surface area (Å²) in [6.07, 6.45) is 0. The van der Waals surface area contributed by atoms with Gasteiger partial charge in [0.25, 0.3) is 10.1 Å². The number of nitrogens with two attached hydrogens (primary N) is 2. The van der Waals surface area contributed by atoms with Crippen LogP contribution in [-0.4, -0.2) is 33.3 Å². The van der Waals surface area contributed by atoms with Crippen LogP contribution < -0.4 is 11.5 Å². The van der Waals surface area contributed by atoms with Crippen LogP contribution in [0.4, 0.5) is 23.0 Å². The Balaban J connectivity index is 2.49. The van der Waals surface area contributed by atoms with Crippen LogP contribution in [0.25, 0.3) is 0 Å². The highest BCUT2D eigenvalue weighted by Crippen LogP contribution is 2.34. The molecule has 0 amide bonds. The van der Waals surface area contributed by atoms with E-state index in [2.05, 4.69) is 29.6 Å². The molecule has 0 unspecified atom stereocenters. The third-order valence-electron chi connectivity index (χ3n) is 2.55. The number of benzene rings is 1. The van der Waals surface area contributed by atoms with Crippen LogP contribution in [-0.2, 0) is 19.5 Å². The van der Waals surface area contributed by atoms with Crippen molar-refractivity contribution < 1.29 is 32.7 Å². The topological polar surface area (TPSA) is 216 Å². The Bertz CT molecular complexity index is 897. The fraction of sp³-hybridized carbons (Fsp3) is 0. The van der Waals surface area contributed by atoms with Gasteiger partial charge in [0.15, 0.2) is 17.3 Å². The molecule has 0 saturated carbocycles. The molecule has 25 heavy (non-hydrogen) atoms. The molecule has 0 atom stereocenters. The summed E-state index contributed by atoms with van der Waals surface area (Å²) >= 11 is 0.526. The van der Waals surface area contributed by atoms with E-state index < -0.39 is 21.0 Å². The van der Waals surface area contributed by atoms with Crippen molar-refractivity contribution in [1.29, 1.82) is 0 Å². The van der Waals surface area contributed by atoms with Gasteiger partial charge in [-0.05, 0) is 18.2 Å². The Labute approximate surface area is 144 Å². The third kappa shape index (κ3) is 4.72. The summed E-state index contributed by atoms with van der Waals surface area (Å²) in [7, 11) is -4.62. The van der Waals surface area contributed by atoms with Gasteiger partial charge < -0.3 is 16.6 Å². The minimum absolute atomic E-state index is 0.216. The Hall–Kier alpha value is -2.56. The number of nitrogen functional groups attached to an aromatic ring is 2. The molecule has 1 aromatic carbocycles. The third-order valence-corrected chi connectivity index (χ3v) is 4.03. The van der Waals surface area contributed by atoms with Crippen molar-refractivity contribution >= 4 is 45.2 Å². The van der Waals surface area contributed by atoms with E-state index >= 15 is 0 Å². The van der Waals surface area contributed by atoms with Crippen molar-refractivity contribution in [3.63, 3.8) is 0 Å². The minimum atomic E-state index is -4.62. The number of anilines is 2. The summed E-state index contributed by atoms with van der Waals surface area (Å²) in [5.41, 5.74) is 10.5. The van der Waals surface area contributed by atoms with Crippen molar-refractivity contribution in [1.82, 2.24) is 9.97 Å². The molecule has 0 aliphatic heterocycles. The van der Waals surface area contributed by atoms with Crippen molar-refractivity contribution in [3.05, 3.63) is 18.2 Å². The van der Waals surface area contributed by atoms with Gasteiger partial charge in [-0.15, -0.1) is 14.6 Å². The second-order valence-electron chi connectivity index (χ2n) is 4.17. The summed E-state index contributed by atoms with van der Waals surface area (Å²) < 4.78 is 36.3. The fourth-order valence-electron chi connectivity index (χ4n) is 1.58. The second-order valence-corrected chi connectivity index (χ2v) is 6.34. The standard InChI is InChI=1S/C10H10N6O7S2/c11-8-7(9(12)14-10(17)13-8)16-15-5-3-4(24-23-22-18)1-2-6(5)25(19,20)21/h1-3,18H,(H,19,20,21)(H5,11,12,13,14,17)/b16-15+. The maximum atomic E-state index is 11.4. The van der Waals surface area contributed by atoms with Gasteiger partial charge in [-0.2, -0.15) is 18.4 Å². The number of azo groups is 1. The monoisotopic (exact) mass is 390 g/mol. The van der Waals surface area contributed by atoms with Gasteiger partial charge in [0.1, 0.15) is 10.6 Å². The molecule has 0 aliphatic rings. The maximum absolute atomic E-state index is 11.4. The molecule has 0 spiro atoms. The zero-order valence-corrected chi connectivity index (χ0v) is 13.6. The minimum Gasteiger partial charge on any atom is -0.479 e. The van der Waals surface area contributed by atoms with E-state index in [1.54, 1.807) is 0 Å². The number of hydrogen-bond donors (Lipinski definition) is 5. The van der Waals surface area contributed by atoms with E-state index in [9.17, 15) is 13.0 Å². The first-order valence-electron chi connectivity index (χ1n) is 6.02. The summed E-state index contributed by atoms with van der Waals surface area (Å²) in [5.74, 6) is -0.602. The quantitative estimate of drug-likeness (QED) is 0.156. The Morgan fingerprint density at radius 2 is 1.80 bits per heavy atom. The van der Waals surface area contributed by atoms with Crippen LogP contribution in [0.1, 0.15) is 0 Å². The molecular formula is C10H10N6O7S2. The van der Waals surface area contributed by atoms with Crippen molar-refractivity contribution in [2.75, 3.05) is 11.5 Å². The van der Waals surface area contributed by atoms with Gasteiger partial charge in [-0.3, -0.25) is 4.55 Å². The first kappa shape index (κ1) is 18.8. The van der Waals surface area contributed by atoms with E-state index in [4.69, 9.17) is 21.8 Å². The van der Waals surface area contributed by atoms with Crippen LogP contribution in [0.15, 0.2) is 38.2 Å². The van der Waals surface area contributed by atoms with E-state index in [-0.39, 0.29) is 27.9 Å². The first-order chi connectivity index (χ1) is 11.7. The summed E-state index contributed by atoms with van der Waals surface area (Å²) in [6.45, 7) is 0. The highest BCUT2D eigenvalue weighted by molar-refractivity contribution is 7.94. The molecule has 2 aromatic rings. The van der Waals surface area contributed by atoms with E-state index in [0.29, 0.717) is 12.0 Å². The lowest BCUT2D eigenvalue weighted by Gasteiger charge is -2.05. The highest BCUT2D eigenvalue weighted by Gasteiger charge is 2.17. The fourth-order valence-corrected chi connectivity index (χ4v) is 2.58. The zero-order chi connectivity index (χ0) is 18.6. The van der Waals surface area contributed by atoms with Gasteiger partial charge in [-0.25, -0.2) is 5.26 Å². The second kappa shape index (κ2) is 7.55. The predicted octanol–water partition coefficient (Wildman–Crippen LogP) is 1.44. The molecule has 7 N–H and O–H groups in total. The van der Waals surface area contributed by atoms with Crippen LogP contribution in [0.5, 0.6) is 6.01 Å². The van der Waals surface area contributed by atoms with Gasteiger partial charge in [-0.1, -0.05) is 5.04 Å². The van der Waals surface area contributed by atoms with Crippen LogP contribution >= 0.6 is 12.0 Å². The number of aromatic hydroxyl groups is 1. The van der Waals surface area contributed by atoms with Gasteiger partial charge in [0.2, 0.25) is 0 Å². The summed E-state index contributed by atoms with van der Waals surface area (Å²) in [6, 6.07) is 2.75. The molecular weight excluding hydrogens is 380 g/mol. The van der Waals surface area contributed by atoms with E-state index in [1.165, 1.54) is 6.07 Å². The van der Waals surface area contributed by atoms with Crippen molar-refractivity contribution in [3.8, 4) is 6.01 Å². The normalized spacial score (nSPS) is 11.9. The number of hydrogen-bond acceptors (Lipinski definition) is 13. The number of rotatable bonds is 6. The summed E-state index contributed by atoms with van der Waals surface area (Å²) in [4.78, 5) is 6.54. The van der Waals surface area contributed by atoms with Gasteiger partial charge >= 0.3 is 6.01 Å². The number of aromatic nitrogens is 2. The average molecular weight is 390 g/mol. The zero-order valence-electron chi connectivity index (χ0n) is 12.0. The summed E-state index contributed by atoms with van der Waals surface area (Å²) in [5, 5.41) is 28.0. The lowest BCUT2D eigenvalue weighted by molar-refractivity contribution is -0.432. The molecule has 0 aliphatic carbocycles. The van der Waals surface area contributed by atoms with Gasteiger partial charge in [0, 0.05) is 4.90 Å². The molecule has 13 nitrogen and oxygen atoms in total. The Morgan fingerprint density at radius 3 is 2.36 bits per heavy atom. The lowest BCUT2D eigenvalue weighted by atomic mass is 10.3. The molecule has 0 bridgehead atoms. The van der Waals surface area contributed by atoms with Crippen LogP contribution in [0, 0.1) is 0 Å². The lowest BCUT2D eigenvalue weighted by Crippen LogP contribution is -1.99. The highest BCUT2D eigenvalue weighted by atomic mass is 32.2. The average Bonchev–Trinajstić information content (AvgIpc) is 2.51. The van der Waals surface area contributed by atoms with Crippen LogP contribution in [0.3, 0.4) is 0 Å². The van der Waals surface area contributed by atoms with Crippen LogP contribution in [0.2, 0.25) is 0 Å². The Kier molecular flexibility index (Phi) is 5.67. The molecule has 2 rings (SSSR count). The SMILES string of the molecule is Nc1nc(O)nc(N)c1/N=N/c1cc(SOOO)ccc1S(=O)(=O)O. The van der Waals surface area contributed by atoms with Gasteiger partial charge in [0.05, 0.1) is 12.0 Å². The molecule has 134 valence electrons. The molecule has 0 saturated heterocycles. The Morgan fingerprint density at radius 1 is 1.16 bits per heavy atom. The largest absolute Gasteiger partial charge is 0.479 e. The molecule has 1 heterocycles. The molecule has 0 fully saturated rings. The van der Waals surface area contributed by atoms with E-state index in [0.717, 1.165) is 12.1 Å². The van der Waals surface area contributed by atoms with E-state index in [1.807, 2.05) is 0 Å². The number of nitrogens with zero attached hydrogens (tertiary/aromatic N) is 4. The first-order valence-corrected chi connectivity index (χ1v) is 8.20.